The molecule has 0 aliphatic rings. The Morgan fingerprint density at radius 3 is 2.76 bits per heavy atom. The number of para-hydroxylation sites is 2. The van der Waals surface area contributed by atoms with E-state index in [4.69, 9.17) is 5.73 Å². The second-order valence-corrected chi connectivity index (χ2v) is 6.20. The molecule has 0 saturated heterocycles. The summed E-state index contributed by atoms with van der Waals surface area (Å²) >= 11 is 1.79. The summed E-state index contributed by atoms with van der Waals surface area (Å²) in [6.45, 7) is 1.40. The lowest BCUT2D eigenvalue weighted by Crippen LogP contribution is -2.03. The summed E-state index contributed by atoms with van der Waals surface area (Å²) in [5.74, 6) is 0. The van der Waals surface area contributed by atoms with Gasteiger partial charge in [0, 0.05) is 16.1 Å². The SMILES string of the molecule is NCc1sc2ccccc2c1Cn1cnc2ccccc21. The second-order valence-electron chi connectivity index (χ2n) is 5.07. The lowest BCUT2D eigenvalue weighted by molar-refractivity contribution is 0.822. The molecule has 0 aliphatic carbocycles. The number of benzene rings is 2. The fourth-order valence-corrected chi connectivity index (χ4v) is 3.89. The van der Waals surface area contributed by atoms with Crippen molar-refractivity contribution in [3.05, 3.63) is 65.3 Å². The first-order valence-electron chi connectivity index (χ1n) is 6.96. The molecule has 0 atom stereocenters. The maximum atomic E-state index is 5.94. The van der Waals surface area contributed by atoms with Crippen molar-refractivity contribution in [3.63, 3.8) is 0 Å². The van der Waals surface area contributed by atoms with Crippen molar-refractivity contribution in [2.45, 2.75) is 13.1 Å². The lowest BCUT2D eigenvalue weighted by Gasteiger charge is -2.06. The predicted molar refractivity (Wildman–Crippen MR) is 88.6 cm³/mol. The first-order chi connectivity index (χ1) is 10.4. The summed E-state index contributed by atoms with van der Waals surface area (Å²) in [5.41, 5.74) is 9.46. The number of imidazole rings is 1. The van der Waals surface area contributed by atoms with Crippen molar-refractivity contribution in [1.82, 2.24) is 9.55 Å². The minimum absolute atomic E-state index is 0.585. The van der Waals surface area contributed by atoms with Gasteiger partial charge >= 0.3 is 0 Å². The summed E-state index contributed by atoms with van der Waals surface area (Å²) in [4.78, 5) is 5.73. The van der Waals surface area contributed by atoms with Crippen LogP contribution in [0.25, 0.3) is 21.1 Å². The molecule has 0 saturated carbocycles. The Labute approximate surface area is 126 Å². The molecule has 0 aliphatic heterocycles. The molecule has 2 aromatic carbocycles. The molecule has 2 heterocycles. The largest absolute Gasteiger partial charge is 0.326 e. The molecule has 0 fully saturated rings. The van der Waals surface area contributed by atoms with Gasteiger partial charge in [-0.2, -0.15) is 0 Å². The van der Waals surface area contributed by atoms with Crippen LogP contribution in [0.2, 0.25) is 0 Å². The topological polar surface area (TPSA) is 43.8 Å². The third kappa shape index (κ3) is 2.04. The van der Waals surface area contributed by atoms with E-state index in [0.29, 0.717) is 6.54 Å². The summed E-state index contributed by atoms with van der Waals surface area (Å²) in [5, 5.41) is 1.31. The fraction of sp³-hybridized carbons (Fsp3) is 0.118. The Balaban J connectivity index is 1.87. The molecule has 0 spiro atoms. The van der Waals surface area contributed by atoms with Crippen LogP contribution in [0.1, 0.15) is 10.4 Å². The van der Waals surface area contributed by atoms with Gasteiger partial charge in [0.15, 0.2) is 0 Å². The molecule has 0 amide bonds. The molecule has 3 nitrogen and oxygen atoms in total. The standard InChI is InChI=1S/C17H15N3S/c18-9-17-13(12-5-1-4-8-16(12)21-17)10-20-11-19-14-6-2-3-7-15(14)20/h1-8,11H,9-10,18H2. The molecule has 2 aromatic heterocycles. The van der Waals surface area contributed by atoms with Crippen LogP contribution < -0.4 is 5.73 Å². The highest BCUT2D eigenvalue weighted by Crippen LogP contribution is 2.32. The van der Waals surface area contributed by atoms with E-state index in [1.165, 1.54) is 20.5 Å². The van der Waals surface area contributed by atoms with Gasteiger partial charge in [-0.1, -0.05) is 30.3 Å². The number of thiophene rings is 1. The Morgan fingerprint density at radius 1 is 1.05 bits per heavy atom. The van der Waals surface area contributed by atoms with Crippen molar-refractivity contribution in [2.75, 3.05) is 0 Å². The van der Waals surface area contributed by atoms with Crippen LogP contribution in [0.5, 0.6) is 0 Å². The summed E-state index contributed by atoms with van der Waals surface area (Å²) in [6, 6.07) is 16.7. The van der Waals surface area contributed by atoms with E-state index < -0.39 is 0 Å². The van der Waals surface area contributed by atoms with E-state index in [-0.39, 0.29) is 0 Å². The van der Waals surface area contributed by atoms with E-state index in [0.717, 1.165) is 17.6 Å². The van der Waals surface area contributed by atoms with Crippen molar-refractivity contribution in [1.29, 1.82) is 0 Å². The highest BCUT2D eigenvalue weighted by molar-refractivity contribution is 7.19. The number of aromatic nitrogens is 2. The molecule has 0 bridgehead atoms. The van der Waals surface area contributed by atoms with Crippen molar-refractivity contribution in [2.24, 2.45) is 5.73 Å². The third-order valence-electron chi connectivity index (χ3n) is 3.82. The zero-order valence-electron chi connectivity index (χ0n) is 11.5. The number of hydrogen-bond acceptors (Lipinski definition) is 3. The number of nitrogens with two attached hydrogens (primary N) is 1. The van der Waals surface area contributed by atoms with E-state index >= 15 is 0 Å². The molecular weight excluding hydrogens is 278 g/mol. The van der Waals surface area contributed by atoms with Crippen LogP contribution in [0, 0.1) is 0 Å². The van der Waals surface area contributed by atoms with Gasteiger partial charge in [-0.05, 0) is 29.1 Å². The highest BCUT2D eigenvalue weighted by Gasteiger charge is 2.12. The van der Waals surface area contributed by atoms with E-state index in [2.05, 4.69) is 45.9 Å². The zero-order valence-corrected chi connectivity index (χ0v) is 12.3. The Hall–Kier alpha value is -2.17. The normalized spacial score (nSPS) is 11.5. The van der Waals surface area contributed by atoms with Crippen molar-refractivity contribution in [3.8, 4) is 0 Å². The predicted octanol–water partition coefficient (Wildman–Crippen LogP) is 3.76. The van der Waals surface area contributed by atoms with Gasteiger partial charge in [0.25, 0.3) is 0 Å². The molecular formula is C17H15N3S. The van der Waals surface area contributed by atoms with Crippen LogP contribution in [-0.4, -0.2) is 9.55 Å². The van der Waals surface area contributed by atoms with Gasteiger partial charge in [0.1, 0.15) is 0 Å². The van der Waals surface area contributed by atoms with Gasteiger partial charge in [0.2, 0.25) is 0 Å². The van der Waals surface area contributed by atoms with Crippen molar-refractivity contribution >= 4 is 32.5 Å². The first-order valence-corrected chi connectivity index (χ1v) is 7.77. The van der Waals surface area contributed by atoms with Gasteiger partial charge in [-0.15, -0.1) is 11.3 Å². The molecule has 21 heavy (non-hydrogen) atoms. The zero-order chi connectivity index (χ0) is 14.2. The third-order valence-corrected chi connectivity index (χ3v) is 5.06. The lowest BCUT2D eigenvalue weighted by atomic mass is 10.1. The number of nitrogens with zero attached hydrogens (tertiary/aromatic N) is 2. The van der Waals surface area contributed by atoms with Gasteiger partial charge in [-0.25, -0.2) is 4.98 Å². The second kappa shape index (κ2) is 4.98. The molecule has 104 valence electrons. The minimum Gasteiger partial charge on any atom is -0.326 e. The monoisotopic (exact) mass is 293 g/mol. The van der Waals surface area contributed by atoms with Crippen LogP contribution >= 0.6 is 11.3 Å². The Bertz CT molecular complexity index is 920. The van der Waals surface area contributed by atoms with E-state index in [1.807, 2.05) is 18.5 Å². The van der Waals surface area contributed by atoms with E-state index in [9.17, 15) is 0 Å². The molecule has 0 unspecified atom stereocenters. The molecule has 4 aromatic rings. The molecule has 2 N–H and O–H groups in total. The van der Waals surface area contributed by atoms with E-state index in [1.54, 1.807) is 11.3 Å². The maximum absolute atomic E-state index is 5.94. The van der Waals surface area contributed by atoms with Crippen molar-refractivity contribution < 1.29 is 0 Å². The van der Waals surface area contributed by atoms with Crippen LogP contribution in [0.3, 0.4) is 0 Å². The summed E-state index contributed by atoms with van der Waals surface area (Å²) in [7, 11) is 0. The van der Waals surface area contributed by atoms with Gasteiger partial charge in [-0.3, -0.25) is 0 Å². The van der Waals surface area contributed by atoms with Crippen LogP contribution in [-0.2, 0) is 13.1 Å². The first kappa shape index (κ1) is 12.6. The Kier molecular flexibility index (Phi) is 2.98. The minimum atomic E-state index is 0.585. The maximum Gasteiger partial charge on any atom is 0.0961 e. The summed E-state index contributed by atoms with van der Waals surface area (Å²) < 4.78 is 3.50. The van der Waals surface area contributed by atoms with Crippen LogP contribution in [0.15, 0.2) is 54.9 Å². The van der Waals surface area contributed by atoms with Gasteiger partial charge < -0.3 is 10.3 Å². The Morgan fingerprint density at radius 2 is 1.86 bits per heavy atom. The quantitative estimate of drug-likeness (QED) is 0.625. The average molecular weight is 293 g/mol. The number of hydrogen-bond donors (Lipinski definition) is 1. The average Bonchev–Trinajstić information content (AvgIpc) is 3.10. The highest BCUT2D eigenvalue weighted by atomic mass is 32.1. The molecule has 4 rings (SSSR count). The fourth-order valence-electron chi connectivity index (χ4n) is 2.79. The smallest absolute Gasteiger partial charge is 0.0961 e. The number of fused-ring (bicyclic) bond motifs is 2. The van der Waals surface area contributed by atoms with Gasteiger partial charge in [0.05, 0.1) is 23.9 Å². The summed E-state index contributed by atoms with van der Waals surface area (Å²) in [6.07, 6.45) is 1.91. The molecule has 0 radical (unpaired) electrons. The van der Waals surface area contributed by atoms with Crippen LogP contribution in [0.4, 0.5) is 0 Å². The molecule has 4 heteroatoms. The number of rotatable bonds is 3.